The molecule has 0 bridgehead atoms. The molecule has 0 unspecified atom stereocenters. The maximum atomic E-state index is 11.1. The van der Waals surface area contributed by atoms with Crippen molar-refractivity contribution in [1.82, 2.24) is 5.32 Å². The standard InChI is InChI=1S/C8H14N2O/c1-4-6-10-8(11)7(5-2)9-3/h5H,3-4,6H2,1-2H3,(H,10,11)/b7-5-. The third-order valence-corrected chi connectivity index (χ3v) is 1.21. The van der Waals surface area contributed by atoms with E-state index in [1.807, 2.05) is 6.92 Å². The Morgan fingerprint density at radius 2 is 2.36 bits per heavy atom. The summed E-state index contributed by atoms with van der Waals surface area (Å²) >= 11 is 0. The highest BCUT2D eigenvalue weighted by molar-refractivity contribution is 5.93. The van der Waals surface area contributed by atoms with Crippen LogP contribution in [0.15, 0.2) is 16.8 Å². The molecule has 0 atom stereocenters. The van der Waals surface area contributed by atoms with Crippen LogP contribution < -0.4 is 5.32 Å². The van der Waals surface area contributed by atoms with Gasteiger partial charge in [-0.2, -0.15) is 0 Å². The number of hydrogen-bond donors (Lipinski definition) is 1. The average Bonchev–Trinajstić information content (AvgIpc) is 2.03. The molecule has 0 aliphatic carbocycles. The summed E-state index contributed by atoms with van der Waals surface area (Å²) in [4.78, 5) is 14.6. The molecule has 3 heteroatoms. The highest BCUT2D eigenvalue weighted by Crippen LogP contribution is 1.93. The van der Waals surface area contributed by atoms with Crippen molar-refractivity contribution in [2.75, 3.05) is 6.54 Å². The Hall–Kier alpha value is -1.12. The van der Waals surface area contributed by atoms with Crippen LogP contribution in [-0.4, -0.2) is 19.2 Å². The van der Waals surface area contributed by atoms with Gasteiger partial charge in [-0.3, -0.25) is 9.79 Å². The largest absolute Gasteiger partial charge is 0.351 e. The first kappa shape index (κ1) is 9.88. The average molecular weight is 154 g/mol. The first-order valence-electron chi connectivity index (χ1n) is 3.67. The lowest BCUT2D eigenvalue weighted by Gasteiger charge is -2.01. The fourth-order valence-electron chi connectivity index (χ4n) is 0.623. The van der Waals surface area contributed by atoms with Gasteiger partial charge >= 0.3 is 0 Å². The van der Waals surface area contributed by atoms with Gasteiger partial charge in [0.2, 0.25) is 0 Å². The minimum Gasteiger partial charge on any atom is -0.351 e. The second kappa shape index (κ2) is 5.65. The van der Waals surface area contributed by atoms with Crippen molar-refractivity contribution in [3.05, 3.63) is 11.8 Å². The zero-order valence-electron chi connectivity index (χ0n) is 7.05. The Labute approximate surface area is 67.2 Å². The van der Waals surface area contributed by atoms with Crippen LogP contribution in [0.2, 0.25) is 0 Å². The van der Waals surface area contributed by atoms with Crippen molar-refractivity contribution in [3.63, 3.8) is 0 Å². The quantitative estimate of drug-likeness (QED) is 0.478. The number of aliphatic imine (C=N–C) groups is 1. The number of nitrogens with zero attached hydrogens (tertiary/aromatic N) is 1. The monoisotopic (exact) mass is 154 g/mol. The lowest BCUT2D eigenvalue weighted by atomic mass is 10.4. The number of allylic oxidation sites excluding steroid dienone is 1. The van der Waals surface area contributed by atoms with Crippen LogP contribution in [0.25, 0.3) is 0 Å². The summed E-state index contributed by atoms with van der Waals surface area (Å²) < 4.78 is 0. The minimum atomic E-state index is -0.149. The van der Waals surface area contributed by atoms with E-state index < -0.39 is 0 Å². The number of carbonyl (C=O) groups excluding carboxylic acids is 1. The van der Waals surface area contributed by atoms with Crippen LogP contribution in [0.5, 0.6) is 0 Å². The summed E-state index contributed by atoms with van der Waals surface area (Å²) in [6, 6.07) is 0. The van der Waals surface area contributed by atoms with E-state index in [1.165, 1.54) is 0 Å². The summed E-state index contributed by atoms with van der Waals surface area (Å²) in [5.41, 5.74) is 0.387. The number of nitrogens with one attached hydrogen (secondary N) is 1. The maximum Gasteiger partial charge on any atom is 0.269 e. The highest BCUT2D eigenvalue weighted by Gasteiger charge is 2.02. The third-order valence-electron chi connectivity index (χ3n) is 1.21. The second-order valence-electron chi connectivity index (χ2n) is 2.09. The molecule has 1 N–H and O–H groups in total. The molecule has 0 radical (unpaired) electrons. The Morgan fingerprint density at radius 1 is 1.73 bits per heavy atom. The first-order chi connectivity index (χ1) is 5.26. The smallest absolute Gasteiger partial charge is 0.269 e. The van der Waals surface area contributed by atoms with Gasteiger partial charge in [-0.25, -0.2) is 0 Å². The van der Waals surface area contributed by atoms with Gasteiger partial charge < -0.3 is 5.32 Å². The lowest BCUT2D eigenvalue weighted by molar-refractivity contribution is -0.117. The summed E-state index contributed by atoms with van der Waals surface area (Å²) in [6.07, 6.45) is 2.57. The van der Waals surface area contributed by atoms with Gasteiger partial charge in [0.1, 0.15) is 5.70 Å². The molecule has 0 heterocycles. The maximum absolute atomic E-state index is 11.1. The number of carbonyl (C=O) groups is 1. The van der Waals surface area contributed by atoms with E-state index in [9.17, 15) is 4.79 Å². The third kappa shape index (κ3) is 3.55. The first-order valence-corrected chi connectivity index (χ1v) is 3.67. The van der Waals surface area contributed by atoms with Gasteiger partial charge in [0.25, 0.3) is 5.91 Å². The van der Waals surface area contributed by atoms with Crippen LogP contribution in [-0.2, 0) is 4.79 Å². The van der Waals surface area contributed by atoms with Crippen molar-refractivity contribution in [1.29, 1.82) is 0 Å². The minimum absolute atomic E-state index is 0.149. The van der Waals surface area contributed by atoms with Crippen LogP contribution in [0.3, 0.4) is 0 Å². The van der Waals surface area contributed by atoms with Gasteiger partial charge in [-0.05, 0) is 20.1 Å². The molecule has 0 aliphatic rings. The molecule has 0 rings (SSSR count). The molecule has 1 amide bonds. The Balaban J connectivity index is 3.91. The van der Waals surface area contributed by atoms with E-state index in [-0.39, 0.29) is 5.91 Å². The molecule has 62 valence electrons. The molecule has 0 saturated heterocycles. The topological polar surface area (TPSA) is 41.5 Å². The predicted octanol–water partition coefficient (Wildman–Crippen LogP) is 1.12. The van der Waals surface area contributed by atoms with Crippen molar-refractivity contribution in [3.8, 4) is 0 Å². The Bertz CT molecular complexity index is 173. The van der Waals surface area contributed by atoms with E-state index in [2.05, 4.69) is 17.0 Å². The van der Waals surface area contributed by atoms with Crippen molar-refractivity contribution < 1.29 is 4.79 Å². The van der Waals surface area contributed by atoms with Crippen molar-refractivity contribution in [2.24, 2.45) is 4.99 Å². The molecule has 0 aromatic rings. The SMILES string of the molecule is C=N/C(=C\C)C(=O)NCCC. The highest BCUT2D eigenvalue weighted by atomic mass is 16.2. The summed E-state index contributed by atoms with van der Waals surface area (Å²) in [6.45, 7) is 7.72. The lowest BCUT2D eigenvalue weighted by Crippen LogP contribution is -2.24. The van der Waals surface area contributed by atoms with Gasteiger partial charge in [0, 0.05) is 6.54 Å². The van der Waals surface area contributed by atoms with Gasteiger partial charge in [0.15, 0.2) is 0 Å². The summed E-state index contributed by atoms with van der Waals surface area (Å²) in [7, 11) is 0. The van der Waals surface area contributed by atoms with Crippen molar-refractivity contribution >= 4 is 12.6 Å². The van der Waals surface area contributed by atoms with Crippen LogP contribution in [0.1, 0.15) is 20.3 Å². The molecule has 0 aliphatic heterocycles. The second-order valence-corrected chi connectivity index (χ2v) is 2.09. The Kier molecular flexibility index (Phi) is 5.07. The number of amides is 1. The Morgan fingerprint density at radius 3 is 2.73 bits per heavy atom. The molecule has 0 aromatic carbocycles. The van der Waals surface area contributed by atoms with Crippen molar-refractivity contribution in [2.45, 2.75) is 20.3 Å². The molecule has 3 nitrogen and oxygen atoms in total. The fourth-order valence-corrected chi connectivity index (χ4v) is 0.623. The van der Waals surface area contributed by atoms with Gasteiger partial charge in [0.05, 0.1) is 0 Å². The molecule has 0 aromatic heterocycles. The molecule has 0 spiro atoms. The van der Waals surface area contributed by atoms with E-state index in [0.29, 0.717) is 12.2 Å². The molecular weight excluding hydrogens is 140 g/mol. The number of rotatable bonds is 4. The van der Waals surface area contributed by atoms with Crippen LogP contribution in [0.4, 0.5) is 0 Å². The zero-order valence-corrected chi connectivity index (χ0v) is 7.05. The molecule has 0 fully saturated rings. The normalized spacial score (nSPS) is 10.9. The molecule has 11 heavy (non-hydrogen) atoms. The summed E-state index contributed by atoms with van der Waals surface area (Å²) in [5, 5.41) is 2.69. The van der Waals surface area contributed by atoms with Crippen LogP contribution in [0, 0.1) is 0 Å². The molecule has 0 saturated carbocycles. The fraction of sp³-hybridized carbons (Fsp3) is 0.500. The van der Waals surface area contributed by atoms with E-state index in [1.54, 1.807) is 13.0 Å². The van der Waals surface area contributed by atoms with E-state index in [4.69, 9.17) is 0 Å². The van der Waals surface area contributed by atoms with Gasteiger partial charge in [-0.1, -0.05) is 13.0 Å². The van der Waals surface area contributed by atoms with Crippen LogP contribution >= 0.6 is 0 Å². The van der Waals surface area contributed by atoms with E-state index >= 15 is 0 Å². The van der Waals surface area contributed by atoms with E-state index in [0.717, 1.165) is 6.42 Å². The zero-order chi connectivity index (χ0) is 8.69. The number of hydrogen-bond acceptors (Lipinski definition) is 2. The summed E-state index contributed by atoms with van der Waals surface area (Å²) in [5.74, 6) is -0.149. The van der Waals surface area contributed by atoms with Gasteiger partial charge in [-0.15, -0.1) is 0 Å². The molecular formula is C8H14N2O. The predicted molar refractivity (Wildman–Crippen MR) is 46.6 cm³/mol.